The lowest BCUT2D eigenvalue weighted by Crippen LogP contribution is -2.20. The summed E-state index contributed by atoms with van der Waals surface area (Å²) in [5.41, 5.74) is 3.52. The first-order valence-corrected chi connectivity index (χ1v) is 9.99. The summed E-state index contributed by atoms with van der Waals surface area (Å²) >= 11 is 3.44. The van der Waals surface area contributed by atoms with E-state index >= 15 is 0 Å². The highest BCUT2D eigenvalue weighted by Crippen LogP contribution is 2.36. The molecule has 2 aromatic rings. The van der Waals surface area contributed by atoms with E-state index in [-0.39, 0.29) is 24.9 Å². The van der Waals surface area contributed by atoms with Crippen molar-refractivity contribution < 1.29 is 23.5 Å². The predicted octanol–water partition coefficient (Wildman–Crippen LogP) is 4.25. The molecule has 2 amide bonds. The summed E-state index contributed by atoms with van der Waals surface area (Å²) in [5, 5.41) is 6.49. The zero-order valence-electron chi connectivity index (χ0n) is 16.9. The molecule has 0 heterocycles. The van der Waals surface area contributed by atoms with Gasteiger partial charge in [-0.3, -0.25) is 9.59 Å². The number of carbonyl (C=O) groups excluding carboxylic acids is 2. The molecule has 30 heavy (non-hydrogen) atoms. The molecule has 0 radical (unpaired) electrons. The van der Waals surface area contributed by atoms with Gasteiger partial charge in [-0.05, 0) is 71.7 Å². The monoisotopic (exact) mass is 479 g/mol. The van der Waals surface area contributed by atoms with E-state index in [1.807, 2.05) is 13.8 Å². The Hall–Kier alpha value is -2.94. The summed E-state index contributed by atoms with van der Waals surface area (Å²) in [4.78, 5) is 23.8. The quantitative estimate of drug-likeness (QED) is 0.415. The number of carbonyl (C=O) groups is 2. The van der Waals surface area contributed by atoms with Crippen LogP contribution in [0.4, 0.5) is 10.1 Å². The van der Waals surface area contributed by atoms with E-state index in [9.17, 15) is 14.0 Å². The molecule has 0 fully saturated rings. The maximum Gasteiger partial charge on any atom is 0.240 e. The SMILES string of the molecule is COc1cc(C=NNC(=O)CCC(=O)Nc2ccc(F)cc2)cc(Br)c1OC(C)C. The molecule has 0 atom stereocenters. The van der Waals surface area contributed by atoms with Gasteiger partial charge in [0, 0.05) is 18.5 Å². The normalized spacial score (nSPS) is 10.9. The van der Waals surface area contributed by atoms with Crippen molar-refractivity contribution in [1.29, 1.82) is 0 Å². The maximum atomic E-state index is 12.9. The predicted molar refractivity (Wildman–Crippen MR) is 116 cm³/mol. The van der Waals surface area contributed by atoms with Gasteiger partial charge >= 0.3 is 0 Å². The number of amides is 2. The average molecular weight is 480 g/mol. The third-order valence-electron chi connectivity index (χ3n) is 3.72. The average Bonchev–Trinajstić information content (AvgIpc) is 2.69. The standard InChI is InChI=1S/C21H23BrFN3O4/c1-13(2)30-21-17(22)10-14(11-18(21)29-3)12-24-26-20(28)9-8-19(27)25-16-6-4-15(23)5-7-16/h4-7,10-13H,8-9H2,1-3H3,(H,25,27)(H,26,28). The second-order valence-corrected chi connectivity index (χ2v) is 7.40. The van der Waals surface area contributed by atoms with Gasteiger partial charge in [-0.2, -0.15) is 5.10 Å². The lowest BCUT2D eigenvalue weighted by molar-refractivity contribution is -0.124. The van der Waals surface area contributed by atoms with Gasteiger partial charge in [-0.15, -0.1) is 0 Å². The summed E-state index contributed by atoms with van der Waals surface area (Å²) < 4.78 is 24.6. The van der Waals surface area contributed by atoms with Crippen LogP contribution in [0.25, 0.3) is 0 Å². The molecule has 160 valence electrons. The van der Waals surface area contributed by atoms with Crippen LogP contribution in [0, 0.1) is 5.82 Å². The number of rotatable bonds is 9. The molecule has 0 saturated carbocycles. The van der Waals surface area contributed by atoms with Gasteiger partial charge in [0.2, 0.25) is 11.8 Å². The Labute approximate surface area is 182 Å². The van der Waals surface area contributed by atoms with Crippen molar-refractivity contribution in [2.45, 2.75) is 32.8 Å². The Morgan fingerprint density at radius 2 is 1.83 bits per heavy atom. The molecule has 0 aliphatic carbocycles. The molecule has 0 bridgehead atoms. The first kappa shape index (κ1) is 23.3. The van der Waals surface area contributed by atoms with Gasteiger partial charge in [0.25, 0.3) is 0 Å². The van der Waals surface area contributed by atoms with Crippen molar-refractivity contribution in [2.75, 3.05) is 12.4 Å². The Morgan fingerprint density at radius 1 is 1.17 bits per heavy atom. The Balaban J connectivity index is 1.85. The number of nitrogens with one attached hydrogen (secondary N) is 2. The Kier molecular flexibility index (Phi) is 8.79. The van der Waals surface area contributed by atoms with E-state index in [1.165, 1.54) is 37.6 Å². The van der Waals surface area contributed by atoms with Crippen molar-refractivity contribution in [1.82, 2.24) is 5.43 Å². The van der Waals surface area contributed by atoms with Crippen LogP contribution in [0.1, 0.15) is 32.3 Å². The highest BCUT2D eigenvalue weighted by molar-refractivity contribution is 9.10. The van der Waals surface area contributed by atoms with E-state index in [0.29, 0.717) is 27.2 Å². The fourth-order valence-electron chi connectivity index (χ4n) is 2.38. The number of ether oxygens (including phenoxy) is 2. The molecular weight excluding hydrogens is 457 g/mol. The van der Waals surface area contributed by atoms with Crippen LogP contribution in [-0.4, -0.2) is 31.2 Å². The van der Waals surface area contributed by atoms with Crippen LogP contribution in [-0.2, 0) is 9.59 Å². The number of nitrogens with zero attached hydrogens (tertiary/aromatic N) is 1. The molecule has 0 aromatic heterocycles. The summed E-state index contributed by atoms with van der Waals surface area (Å²) in [6, 6.07) is 8.89. The van der Waals surface area contributed by atoms with Crippen LogP contribution in [0.5, 0.6) is 11.5 Å². The highest BCUT2D eigenvalue weighted by Gasteiger charge is 2.13. The van der Waals surface area contributed by atoms with E-state index < -0.39 is 11.7 Å². The minimum Gasteiger partial charge on any atom is -0.493 e. The molecule has 2 N–H and O–H groups in total. The summed E-state index contributed by atoms with van der Waals surface area (Å²) in [6.07, 6.45) is 1.37. The second-order valence-electron chi connectivity index (χ2n) is 6.55. The third-order valence-corrected chi connectivity index (χ3v) is 4.30. The van der Waals surface area contributed by atoms with E-state index in [4.69, 9.17) is 9.47 Å². The molecule has 7 nitrogen and oxygen atoms in total. The van der Waals surface area contributed by atoms with Gasteiger partial charge in [-0.25, -0.2) is 9.82 Å². The van der Waals surface area contributed by atoms with Crippen molar-refractivity contribution >= 4 is 39.6 Å². The number of benzene rings is 2. The first-order valence-electron chi connectivity index (χ1n) is 9.20. The fraction of sp³-hybridized carbons (Fsp3) is 0.286. The minimum atomic E-state index is -0.411. The number of anilines is 1. The topological polar surface area (TPSA) is 89.0 Å². The highest BCUT2D eigenvalue weighted by atomic mass is 79.9. The Bertz CT molecular complexity index is 917. The largest absolute Gasteiger partial charge is 0.493 e. The van der Waals surface area contributed by atoms with Crippen molar-refractivity contribution in [3.8, 4) is 11.5 Å². The molecule has 0 saturated heterocycles. The number of hydrogen-bond acceptors (Lipinski definition) is 5. The number of methoxy groups -OCH3 is 1. The molecule has 0 unspecified atom stereocenters. The molecule has 9 heteroatoms. The van der Waals surface area contributed by atoms with Gasteiger partial charge < -0.3 is 14.8 Å². The molecule has 0 aliphatic heterocycles. The molecule has 0 aliphatic rings. The van der Waals surface area contributed by atoms with Crippen LogP contribution < -0.4 is 20.2 Å². The van der Waals surface area contributed by atoms with Crippen LogP contribution in [0.3, 0.4) is 0 Å². The van der Waals surface area contributed by atoms with Crippen molar-refractivity contribution in [2.24, 2.45) is 5.10 Å². The molecular formula is C21H23BrFN3O4. The van der Waals surface area contributed by atoms with E-state index in [2.05, 4.69) is 31.8 Å². The third kappa shape index (κ3) is 7.47. The molecule has 2 rings (SSSR count). The molecule has 2 aromatic carbocycles. The van der Waals surface area contributed by atoms with Gasteiger partial charge in [-0.1, -0.05) is 0 Å². The fourth-order valence-corrected chi connectivity index (χ4v) is 2.94. The first-order chi connectivity index (χ1) is 14.3. The van der Waals surface area contributed by atoms with Crippen molar-refractivity contribution in [3.05, 3.63) is 52.3 Å². The zero-order valence-corrected chi connectivity index (χ0v) is 18.5. The Morgan fingerprint density at radius 3 is 2.47 bits per heavy atom. The van der Waals surface area contributed by atoms with Gasteiger partial charge in [0.1, 0.15) is 5.82 Å². The van der Waals surface area contributed by atoms with Crippen molar-refractivity contribution in [3.63, 3.8) is 0 Å². The summed E-state index contributed by atoms with van der Waals surface area (Å²) in [7, 11) is 1.54. The molecule has 0 spiro atoms. The maximum absolute atomic E-state index is 12.9. The number of hydrazone groups is 1. The number of hydrogen-bond donors (Lipinski definition) is 2. The van der Waals surface area contributed by atoms with Gasteiger partial charge in [0.05, 0.1) is 23.9 Å². The lowest BCUT2D eigenvalue weighted by atomic mass is 10.2. The summed E-state index contributed by atoms with van der Waals surface area (Å²) in [5.74, 6) is -0.0393. The van der Waals surface area contributed by atoms with E-state index in [0.717, 1.165) is 0 Å². The zero-order chi connectivity index (χ0) is 22.1. The number of halogens is 2. The van der Waals surface area contributed by atoms with Gasteiger partial charge in [0.15, 0.2) is 11.5 Å². The smallest absolute Gasteiger partial charge is 0.240 e. The van der Waals surface area contributed by atoms with Crippen LogP contribution >= 0.6 is 15.9 Å². The summed E-state index contributed by atoms with van der Waals surface area (Å²) in [6.45, 7) is 3.83. The lowest BCUT2D eigenvalue weighted by Gasteiger charge is -2.15. The van der Waals surface area contributed by atoms with Crippen LogP contribution in [0.2, 0.25) is 0 Å². The second kappa shape index (κ2) is 11.3. The minimum absolute atomic E-state index is 0.0192. The van der Waals surface area contributed by atoms with E-state index in [1.54, 1.807) is 12.1 Å². The van der Waals surface area contributed by atoms with Crippen LogP contribution in [0.15, 0.2) is 46.0 Å².